The first-order chi connectivity index (χ1) is 13.7. The Hall–Kier alpha value is -2.12. The number of thiazole rings is 1. The lowest BCUT2D eigenvalue weighted by molar-refractivity contribution is -0.132. The van der Waals surface area contributed by atoms with Crippen LogP contribution < -0.4 is 4.74 Å². The Bertz CT molecular complexity index is 940. The number of amides is 1. The molecule has 0 unspecified atom stereocenters. The Morgan fingerprint density at radius 2 is 2.00 bits per heavy atom. The van der Waals surface area contributed by atoms with Crippen molar-refractivity contribution in [2.75, 3.05) is 18.8 Å². The van der Waals surface area contributed by atoms with Crippen LogP contribution in [0.15, 0.2) is 53.4 Å². The number of fused-ring (bicyclic) bond motifs is 1. The zero-order valence-electron chi connectivity index (χ0n) is 15.3. The summed E-state index contributed by atoms with van der Waals surface area (Å²) in [5.74, 6) is 0.735. The van der Waals surface area contributed by atoms with Crippen molar-refractivity contribution in [2.45, 2.75) is 30.3 Å². The summed E-state index contributed by atoms with van der Waals surface area (Å²) in [6, 6.07) is 14.7. The molecule has 1 fully saturated rings. The van der Waals surface area contributed by atoms with Crippen molar-refractivity contribution >= 4 is 39.2 Å². The van der Waals surface area contributed by atoms with Crippen molar-refractivity contribution in [2.24, 2.45) is 0 Å². The minimum absolute atomic E-state index is 0.0492. The van der Waals surface area contributed by atoms with Gasteiger partial charge in [-0.3, -0.25) is 4.79 Å². The fraction of sp³-hybridized carbons (Fsp3) is 0.333. The molecule has 4 rings (SSSR count). The lowest BCUT2D eigenvalue weighted by Crippen LogP contribution is -2.41. The average Bonchev–Trinajstić information content (AvgIpc) is 3.10. The number of hydrogen-bond acceptors (Lipinski definition) is 5. The molecule has 2 heterocycles. The van der Waals surface area contributed by atoms with Crippen molar-refractivity contribution in [3.05, 3.63) is 54.3 Å². The summed E-state index contributed by atoms with van der Waals surface area (Å²) in [4.78, 5) is 20.0. The number of likely N-dealkylation sites (tertiary alicyclic amines) is 1. The van der Waals surface area contributed by atoms with Gasteiger partial charge in [-0.05, 0) is 30.3 Å². The number of carbonyl (C=O) groups is 1. The number of ether oxygens (including phenoxy) is 1. The quantitative estimate of drug-likeness (QED) is 0.531. The van der Waals surface area contributed by atoms with Gasteiger partial charge in [0.05, 0.1) is 10.2 Å². The Labute approximate surface area is 171 Å². The topological polar surface area (TPSA) is 42.4 Å². The second-order valence-corrected chi connectivity index (χ2v) is 8.86. The average molecular weight is 417 g/mol. The van der Waals surface area contributed by atoms with Crippen LogP contribution >= 0.6 is 23.1 Å². The minimum Gasteiger partial charge on any atom is -0.467 e. The smallest absolute Gasteiger partial charge is 0.274 e. The number of piperidine rings is 1. The molecule has 4 nitrogen and oxygen atoms in total. The fourth-order valence-corrected chi connectivity index (χ4v) is 4.99. The summed E-state index contributed by atoms with van der Waals surface area (Å²) in [5, 5.41) is 0.574. The summed E-state index contributed by atoms with van der Waals surface area (Å²) >= 11 is 3.08. The lowest BCUT2D eigenvalue weighted by Gasteiger charge is -2.31. The van der Waals surface area contributed by atoms with Crippen LogP contribution in [-0.4, -0.2) is 40.7 Å². The molecule has 7 heteroatoms. The molecule has 1 aromatic heterocycles. The molecule has 0 aliphatic carbocycles. The maximum atomic E-state index is 13.3. The molecule has 0 radical (unpaired) electrons. The minimum atomic E-state index is -0.264. The number of halogens is 1. The van der Waals surface area contributed by atoms with E-state index < -0.39 is 0 Å². The Kier molecular flexibility index (Phi) is 6.12. The van der Waals surface area contributed by atoms with Gasteiger partial charge in [-0.15, -0.1) is 11.8 Å². The molecule has 1 aliphatic rings. The van der Waals surface area contributed by atoms with Crippen LogP contribution in [0.3, 0.4) is 0 Å². The SMILES string of the molecule is O=C(CCSc1ccccc1)N1CCC(Oc2nc3ccc(F)cc3s2)CC1. The van der Waals surface area contributed by atoms with Gasteiger partial charge in [0.15, 0.2) is 0 Å². The van der Waals surface area contributed by atoms with E-state index in [4.69, 9.17) is 4.74 Å². The van der Waals surface area contributed by atoms with Crippen LogP contribution in [-0.2, 0) is 4.79 Å². The largest absolute Gasteiger partial charge is 0.467 e. The van der Waals surface area contributed by atoms with E-state index in [-0.39, 0.29) is 17.8 Å². The van der Waals surface area contributed by atoms with Crippen LogP contribution in [0.1, 0.15) is 19.3 Å². The summed E-state index contributed by atoms with van der Waals surface area (Å²) in [5.41, 5.74) is 0.755. The number of aromatic nitrogens is 1. The van der Waals surface area contributed by atoms with Crippen molar-refractivity contribution in [3.8, 4) is 5.19 Å². The number of hydrogen-bond donors (Lipinski definition) is 0. The maximum absolute atomic E-state index is 13.3. The van der Waals surface area contributed by atoms with E-state index in [0.29, 0.717) is 24.7 Å². The van der Waals surface area contributed by atoms with Crippen molar-refractivity contribution in [1.82, 2.24) is 9.88 Å². The molecule has 0 saturated carbocycles. The number of benzene rings is 2. The third-order valence-corrected chi connectivity index (χ3v) is 6.64. The van der Waals surface area contributed by atoms with E-state index in [9.17, 15) is 9.18 Å². The first-order valence-electron chi connectivity index (χ1n) is 9.36. The van der Waals surface area contributed by atoms with E-state index >= 15 is 0 Å². The zero-order chi connectivity index (χ0) is 19.3. The van der Waals surface area contributed by atoms with Crippen LogP contribution in [0.5, 0.6) is 5.19 Å². The molecule has 1 aliphatic heterocycles. The highest BCUT2D eigenvalue weighted by Gasteiger charge is 2.24. The molecule has 1 saturated heterocycles. The molecule has 2 aromatic carbocycles. The molecule has 0 N–H and O–H groups in total. The number of rotatable bonds is 6. The van der Waals surface area contributed by atoms with Crippen molar-refractivity contribution in [1.29, 1.82) is 0 Å². The summed E-state index contributed by atoms with van der Waals surface area (Å²) < 4.78 is 20.1. The van der Waals surface area contributed by atoms with Gasteiger partial charge in [0, 0.05) is 43.0 Å². The van der Waals surface area contributed by atoms with Gasteiger partial charge in [0.1, 0.15) is 11.9 Å². The predicted octanol–water partition coefficient (Wildman–Crippen LogP) is 4.99. The first kappa shape index (κ1) is 19.2. The van der Waals surface area contributed by atoms with Crippen molar-refractivity contribution in [3.63, 3.8) is 0 Å². The standard InChI is InChI=1S/C21H21FN2O2S2/c22-15-6-7-18-19(14-15)28-21(23-18)26-16-8-11-24(12-9-16)20(25)10-13-27-17-4-2-1-3-5-17/h1-7,14,16H,8-13H2. The molecular formula is C21H21FN2O2S2. The zero-order valence-corrected chi connectivity index (χ0v) is 17.0. The van der Waals surface area contributed by atoms with Crippen LogP contribution in [0.2, 0.25) is 0 Å². The third-order valence-electron chi connectivity index (χ3n) is 4.72. The highest BCUT2D eigenvalue weighted by Crippen LogP contribution is 2.30. The fourth-order valence-electron chi connectivity index (χ4n) is 3.22. The second-order valence-electron chi connectivity index (χ2n) is 6.70. The highest BCUT2D eigenvalue weighted by molar-refractivity contribution is 7.99. The monoisotopic (exact) mass is 416 g/mol. The van der Waals surface area contributed by atoms with Gasteiger partial charge in [-0.2, -0.15) is 0 Å². The van der Waals surface area contributed by atoms with Crippen molar-refractivity contribution < 1.29 is 13.9 Å². The van der Waals surface area contributed by atoms with Crippen LogP contribution in [0.4, 0.5) is 4.39 Å². The van der Waals surface area contributed by atoms with Gasteiger partial charge in [-0.25, -0.2) is 9.37 Å². The molecular weight excluding hydrogens is 395 g/mol. The van der Waals surface area contributed by atoms with Gasteiger partial charge >= 0.3 is 0 Å². The third kappa shape index (κ3) is 4.83. The Morgan fingerprint density at radius 3 is 2.79 bits per heavy atom. The highest BCUT2D eigenvalue weighted by atomic mass is 32.2. The molecule has 0 spiro atoms. The van der Waals surface area contributed by atoms with Crippen LogP contribution in [0.25, 0.3) is 10.2 Å². The first-order valence-corrected chi connectivity index (χ1v) is 11.2. The Morgan fingerprint density at radius 1 is 1.21 bits per heavy atom. The molecule has 0 bridgehead atoms. The Balaban J connectivity index is 1.23. The van der Waals surface area contributed by atoms with E-state index in [1.165, 1.54) is 28.4 Å². The van der Waals surface area contributed by atoms with Gasteiger partial charge in [0.2, 0.25) is 5.91 Å². The molecule has 146 valence electrons. The van der Waals surface area contributed by atoms with Crippen LogP contribution in [0, 0.1) is 5.82 Å². The second kappa shape index (κ2) is 8.92. The number of nitrogens with zero attached hydrogens (tertiary/aromatic N) is 2. The molecule has 28 heavy (non-hydrogen) atoms. The normalized spacial score (nSPS) is 15.1. The van der Waals surface area contributed by atoms with Gasteiger partial charge in [-0.1, -0.05) is 29.5 Å². The lowest BCUT2D eigenvalue weighted by atomic mass is 10.1. The summed E-state index contributed by atoms with van der Waals surface area (Å²) in [7, 11) is 0. The summed E-state index contributed by atoms with van der Waals surface area (Å²) in [6.07, 6.45) is 2.19. The van der Waals surface area contributed by atoms with E-state index in [1.807, 2.05) is 23.1 Å². The maximum Gasteiger partial charge on any atom is 0.274 e. The predicted molar refractivity (Wildman–Crippen MR) is 112 cm³/mol. The van der Waals surface area contributed by atoms with Gasteiger partial charge in [0.25, 0.3) is 5.19 Å². The number of thioether (sulfide) groups is 1. The molecule has 3 aromatic rings. The van der Waals surface area contributed by atoms with E-state index in [1.54, 1.807) is 17.8 Å². The van der Waals surface area contributed by atoms with Gasteiger partial charge < -0.3 is 9.64 Å². The number of carbonyl (C=O) groups excluding carboxylic acids is 1. The summed E-state index contributed by atoms with van der Waals surface area (Å²) in [6.45, 7) is 1.41. The van der Waals surface area contributed by atoms with E-state index in [2.05, 4.69) is 17.1 Å². The molecule has 1 amide bonds. The van der Waals surface area contributed by atoms with E-state index in [0.717, 1.165) is 28.8 Å². The molecule has 0 atom stereocenters.